The molecule has 1 aromatic heterocycles. The molecule has 0 aliphatic carbocycles. The van der Waals surface area contributed by atoms with Gasteiger partial charge in [-0.2, -0.15) is 0 Å². The minimum atomic E-state index is 0.391. The van der Waals surface area contributed by atoms with E-state index in [1.807, 2.05) is 0 Å². The molecule has 0 saturated heterocycles. The summed E-state index contributed by atoms with van der Waals surface area (Å²) >= 11 is 0. The van der Waals surface area contributed by atoms with Gasteiger partial charge in [0.15, 0.2) is 0 Å². The number of aromatic nitrogens is 1. The van der Waals surface area contributed by atoms with E-state index in [4.69, 9.17) is 0 Å². The third-order valence-electron chi connectivity index (χ3n) is 5.39. The standard InChI is InChI=1S/C26H28N2/c1-2-11-25(22-14-7-4-8-15-22)27-18-23-20-28(19-21-12-5-3-6-13-21)26-17-10-9-16-24(23)26/h3-10,12-17,20,25,27H,2,11,18-19H2,1H3/t25-/m1/s1. The van der Waals surface area contributed by atoms with Crippen molar-refractivity contribution < 1.29 is 0 Å². The molecule has 1 N–H and O–H groups in total. The number of nitrogens with zero attached hydrogens (tertiary/aromatic N) is 1. The quantitative estimate of drug-likeness (QED) is 0.385. The molecule has 0 fully saturated rings. The monoisotopic (exact) mass is 368 g/mol. The van der Waals surface area contributed by atoms with Crippen LogP contribution in [-0.4, -0.2) is 4.57 Å². The van der Waals surface area contributed by atoms with E-state index in [2.05, 4.69) is 108 Å². The molecule has 4 rings (SSSR count). The summed E-state index contributed by atoms with van der Waals surface area (Å²) in [5.74, 6) is 0. The molecule has 2 nitrogen and oxygen atoms in total. The average molecular weight is 369 g/mol. The first-order chi connectivity index (χ1) is 13.8. The molecule has 0 amide bonds. The topological polar surface area (TPSA) is 17.0 Å². The number of hydrogen-bond acceptors (Lipinski definition) is 1. The number of benzene rings is 3. The maximum Gasteiger partial charge on any atom is 0.0486 e. The van der Waals surface area contributed by atoms with Gasteiger partial charge in [0.1, 0.15) is 0 Å². The molecule has 1 atom stereocenters. The van der Waals surface area contributed by atoms with Crippen LogP contribution in [0.3, 0.4) is 0 Å². The van der Waals surface area contributed by atoms with Gasteiger partial charge in [0.25, 0.3) is 0 Å². The fourth-order valence-corrected chi connectivity index (χ4v) is 3.97. The van der Waals surface area contributed by atoms with Gasteiger partial charge < -0.3 is 9.88 Å². The zero-order valence-corrected chi connectivity index (χ0v) is 16.5. The summed E-state index contributed by atoms with van der Waals surface area (Å²) in [6, 6.07) is 30.6. The smallest absolute Gasteiger partial charge is 0.0486 e. The van der Waals surface area contributed by atoms with Crippen LogP contribution in [0.5, 0.6) is 0 Å². The van der Waals surface area contributed by atoms with Crippen LogP contribution in [0.15, 0.2) is 91.1 Å². The molecule has 3 aromatic carbocycles. The molecule has 28 heavy (non-hydrogen) atoms. The second kappa shape index (κ2) is 8.90. The number of nitrogens with one attached hydrogen (secondary N) is 1. The summed E-state index contributed by atoms with van der Waals surface area (Å²) < 4.78 is 2.37. The predicted octanol–water partition coefficient (Wildman–Crippen LogP) is 6.32. The maximum atomic E-state index is 3.81. The molecule has 4 aromatic rings. The molecular formula is C26H28N2. The lowest BCUT2D eigenvalue weighted by Gasteiger charge is -2.18. The zero-order valence-electron chi connectivity index (χ0n) is 16.5. The highest BCUT2D eigenvalue weighted by atomic mass is 15.0. The summed E-state index contributed by atoms with van der Waals surface area (Å²) in [7, 11) is 0. The summed E-state index contributed by atoms with van der Waals surface area (Å²) in [5.41, 5.74) is 5.37. The van der Waals surface area contributed by atoms with Gasteiger partial charge in [-0.25, -0.2) is 0 Å². The Labute approximate surface area is 167 Å². The van der Waals surface area contributed by atoms with E-state index < -0.39 is 0 Å². The van der Waals surface area contributed by atoms with E-state index in [1.54, 1.807) is 0 Å². The van der Waals surface area contributed by atoms with Crippen molar-refractivity contribution in [3.8, 4) is 0 Å². The Morgan fingerprint density at radius 3 is 2.25 bits per heavy atom. The largest absolute Gasteiger partial charge is 0.343 e. The van der Waals surface area contributed by atoms with E-state index in [-0.39, 0.29) is 0 Å². The zero-order chi connectivity index (χ0) is 19.2. The molecule has 2 heteroatoms. The lowest BCUT2D eigenvalue weighted by atomic mass is 10.0. The Morgan fingerprint density at radius 1 is 0.821 bits per heavy atom. The first kappa shape index (κ1) is 18.5. The molecule has 0 aliphatic heterocycles. The molecule has 0 bridgehead atoms. The van der Waals surface area contributed by atoms with Crippen molar-refractivity contribution >= 4 is 10.9 Å². The van der Waals surface area contributed by atoms with Crippen molar-refractivity contribution in [3.05, 3.63) is 108 Å². The molecule has 0 saturated carbocycles. The van der Waals surface area contributed by atoms with Crippen LogP contribution in [0.2, 0.25) is 0 Å². The van der Waals surface area contributed by atoms with Gasteiger partial charge >= 0.3 is 0 Å². The van der Waals surface area contributed by atoms with E-state index in [9.17, 15) is 0 Å². The van der Waals surface area contributed by atoms with Gasteiger partial charge in [0.2, 0.25) is 0 Å². The number of rotatable bonds is 8. The number of para-hydroxylation sites is 1. The minimum absolute atomic E-state index is 0.391. The Balaban J connectivity index is 1.58. The van der Waals surface area contributed by atoms with Gasteiger partial charge in [-0.05, 0) is 29.2 Å². The molecule has 142 valence electrons. The lowest BCUT2D eigenvalue weighted by molar-refractivity contribution is 0.494. The van der Waals surface area contributed by atoms with E-state index in [0.29, 0.717) is 6.04 Å². The first-order valence-corrected chi connectivity index (χ1v) is 10.2. The van der Waals surface area contributed by atoms with Crippen molar-refractivity contribution in [2.45, 2.75) is 38.9 Å². The van der Waals surface area contributed by atoms with Gasteiger partial charge in [0.05, 0.1) is 0 Å². The Kier molecular flexibility index (Phi) is 5.89. The van der Waals surface area contributed by atoms with Crippen LogP contribution in [0.25, 0.3) is 10.9 Å². The highest BCUT2D eigenvalue weighted by Crippen LogP contribution is 2.24. The minimum Gasteiger partial charge on any atom is -0.343 e. The van der Waals surface area contributed by atoms with Gasteiger partial charge in [-0.1, -0.05) is 92.2 Å². The van der Waals surface area contributed by atoms with E-state index >= 15 is 0 Å². The normalized spacial score (nSPS) is 12.3. The highest BCUT2D eigenvalue weighted by Gasteiger charge is 2.13. The van der Waals surface area contributed by atoms with Crippen LogP contribution in [0.1, 0.15) is 42.5 Å². The number of hydrogen-bond donors (Lipinski definition) is 1. The molecule has 0 unspecified atom stereocenters. The van der Waals surface area contributed by atoms with Crippen LogP contribution in [0.4, 0.5) is 0 Å². The third-order valence-corrected chi connectivity index (χ3v) is 5.39. The highest BCUT2D eigenvalue weighted by molar-refractivity contribution is 5.84. The fourth-order valence-electron chi connectivity index (χ4n) is 3.97. The van der Waals surface area contributed by atoms with Crippen LogP contribution in [-0.2, 0) is 13.1 Å². The molecular weight excluding hydrogens is 340 g/mol. The molecule has 0 aliphatic rings. The van der Waals surface area contributed by atoms with Gasteiger partial charge in [0, 0.05) is 36.2 Å². The summed E-state index contributed by atoms with van der Waals surface area (Å²) in [4.78, 5) is 0. The van der Waals surface area contributed by atoms with Crippen LogP contribution >= 0.6 is 0 Å². The molecule has 1 heterocycles. The second-order valence-electron chi connectivity index (χ2n) is 7.42. The number of fused-ring (bicyclic) bond motifs is 1. The summed E-state index contributed by atoms with van der Waals surface area (Å²) in [6.07, 6.45) is 4.63. The second-order valence-corrected chi connectivity index (χ2v) is 7.42. The van der Waals surface area contributed by atoms with E-state index in [0.717, 1.165) is 19.5 Å². The average Bonchev–Trinajstić information content (AvgIpc) is 3.10. The van der Waals surface area contributed by atoms with E-state index in [1.165, 1.54) is 34.0 Å². The Bertz CT molecular complexity index is 1000. The van der Waals surface area contributed by atoms with Gasteiger partial charge in [-0.3, -0.25) is 0 Å². The third kappa shape index (κ3) is 4.18. The fraction of sp³-hybridized carbons (Fsp3) is 0.231. The van der Waals surface area contributed by atoms with Gasteiger partial charge in [-0.15, -0.1) is 0 Å². The Hall–Kier alpha value is -2.84. The van der Waals surface area contributed by atoms with Crippen LogP contribution in [0, 0.1) is 0 Å². The summed E-state index contributed by atoms with van der Waals surface area (Å²) in [6.45, 7) is 4.03. The molecule has 0 radical (unpaired) electrons. The van der Waals surface area contributed by atoms with Crippen molar-refractivity contribution in [1.82, 2.24) is 9.88 Å². The SMILES string of the molecule is CCC[C@@H](NCc1cn(Cc2ccccc2)c2ccccc12)c1ccccc1. The summed E-state index contributed by atoms with van der Waals surface area (Å²) in [5, 5.41) is 5.15. The first-order valence-electron chi connectivity index (χ1n) is 10.2. The predicted molar refractivity (Wildman–Crippen MR) is 118 cm³/mol. The van der Waals surface area contributed by atoms with Crippen molar-refractivity contribution in [2.75, 3.05) is 0 Å². The van der Waals surface area contributed by atoms with Crippen molar-refractivity contribution in [2.24, 2.45) is 0 Å². The van der Waals surface area contributed by atoms with Crippen molar-refractivity contribution in [3.63, 3.8) is 0 Å². The maximum absolute atomic E-state index is 3.81. The molecule has 0 spiro atoms. The van der Waals surface area contributed by atoms with Crippen LogP contribution < -0.4 is 5.32 Å². The lowest BCUT2D eigenvalue weighted by Crippen LogP contribution is -2.20. The van der Waals surface area contributed by atoms with Crippen molar-refractivity contribution in [1.29, 1.82) is 0 Å². The Morgan fingerprint density at radius 2 is 1.50 bits per heavy atom.